The summed E-state index contributed by atoms with van der Waals surface area (Å²) in [6, 6.07) is 0. The lowest BCUT2D eigenvalue weighted by Crippen LogP contribution is -2.48. The Morgan fingerprint density at radius 1 is 1.05 bits per heavy atom. The van der Waals surface area contributed by atoms with Crippen molar-refractivity contribution in [3.8, 4) is 0 Å². The summed E-state index contributed by atoms with van der Waals surface area (Å²) in [6.45, 7) is 2.98. The van der Waals surface area contributed by atoms with E-state index in [0.717, 1.165) is 18.8 Å². The van der Waals surface area contributed by atoms with Crippen molar-refractivity contribution in [2.45, 2.75) is 83.7 Å². The van der Waals surface area contributed by atoms with Crippen LogP contribution in [-0.4, -0.2) is 17.8 Å². The van der Waals surface area contributed by atoms with E-state index in [1.54, 1.807) is 0 Å². The van der Waals surface area contributed by atoms with Gasteiger partial charge in [0.05, 0.1) is 6.10 Å². The van der Waals surface area contributed by atoms with E-state index in [9.17, 15) is 5.11 Å². The van der Waals surface area contributed by atoms with Crippen LogP contribution in [0.15, 0.2) is 0 Å². The Morgan fingerprint density at radius 3 is 2.11 bits per heavy atom. The first-order valence-electron chi connectivity index (χ1n) is 8.60. The zero-order valence-corrected chi connectivity index (χ0v) is 12.7. The van der Waals surface area contributed by atoms with Crippen LogP contribution in [0.2, 0.25) is 0 Å². The molecule has 2 nitrogen and oxygen atoms in total. The summed E-state index contributed by atoms with van der Waals surface area (Å²) in [6.07, 6.45) is 13.8. The Kier molecular flexibility index (Phi) is 5.70. The highest BCUT2D eigenvalue weighted by atomic mass is 16.3. The molecule has 0 saturated heterocycles. The topological polar surface area (TPSA) is 46.2 Å². The summed E-state index contributed by atoms with van der Waals surface area (Å²) in [5.74, 6) is 1.39. The lowest BCUT2D eigenvalue weighted by molar-refractivity contribution is -0.0486. The maximum atomic E-state index is 11.0. The van der Waals surface area contributed by atoms with Crippen LogP contribution in [0.5, 0.6) is 0 Å². The number of aliphatic hydroxyl groups excluding tert-OH is 1. The molecule has 0 heterocycles. The Balaban J connectivity index is 1.99. The first-order chi connectivity index (χ1) is 9.22. The summed E-state index contributed by atoms with van der Waals surface area (Å²) >= 11 is 0. The van der Waals surface area contributed by atoms with Crippen molar-refractivity contribution in [3.63, 3.8) is 0 Å². The summed E-state index contributed by atoms with van der Waals surface area (Å²) in [5.41, 5.74) is 6.15. The normalized spacial score (nSPS) is 35.8. The molecule has 0 aromatic carbocycles. The van der Waals surface area contributed by atoms with Gasteiger partial charge in [0, 0.05) is 12.0 Å². The van der Waals surface area contributed by atoms with Crippen molar-refractivity contribution in [3.05, 3.63) is 0 Å². The number of hydrogen-bond donors (Lipinski definition) is 2. The number of aliphatic hydroxyl groups is 1. The van der Waals surface area contributed by atoms with E-state index >= 15 is 0 Å². The molecule has 0 amide bonds. The highest BCUT2D eigenvalue weighted by Crippen LogP contribution is 2.45. The fraction of sp³-hybridized carbons (Fsp3) is 1.00. The van der Waals surface area contributed by atoms with Gasteiger partial charge in [0.1, 0.15) is 0 Å². The van der Waals surface area contributed by atoms with Gasteiger partial charge in [0.2, 0.25) is 0 Å². The second kappa shape index (κ2) is 7.08. The van der Waals surface area contributed by atoms with Gasteiger partial charge >= 0.3 is 0 Å². The minimum atomic E-state index is -0.145. The second-order valence-corrected chi connectivity index (χ2v) is 7.11. The number of rotatable bonds is 4. The minimum Gasteiger partial charge on any atom is -0.392 e. The fourth-order valence-corrected chi connectivity index (χ4v) is 4.41. The molecule has 2 aliphatic rings. The third kappa shape index (κ3) is 3.52. The largest absolute Gasteiger partial charge is 0.392 e. The van der Waals surface area contributed by atoms with Crippen LogP contribution in [0.1, 0.15) is 77.6 Å². The van der Waals surface area contributed by atoms with Gasteiger partial charge < -0.3 is 10.8 Å². The predicted molar refractivity (Wildman–Crippen MR) is 80.9 cm³/mol. The molecular weight excluding hydrogens is 234 g/mol. The summed E-state index contributed by atoms with van der Waals surface area (Å²) in [5, 5.41) is 11.0. The van der Waals surface area contributed by atoms with Gasteiger partial charge in [0.25, 0.3) is 0 Å². The smallest absolute Gasteiger partial charge is 0.0636 e. The third-order valence-electron chi connectivity index (χ3n) is 6.06. The lowest BCUT2D eigenvalue weighted by Gasteiger charge is -2.45. The van der Waals surface area contributed by atoms with Crippen LogP contribution in [0, 0.1) is 17.3 Å². The van der Waals surface area contributed by atoms with Gasteiger partial charge in [0.15, 0.2) is 0 Å². The first-order valence-corrected chi connectivity index (χ1v) is 8.60. The molecule has 2 aliphatic carbocycles. The molecule has 2 rings (SSSR count). The van der Waals surface area contributed by atoms with Crippen LogP contribution >= 0.6 is 0 Å². The average molecular weight is 267 g/mol. The molecule has 2 heteroatoms. The third-order valence-corrected chi connectivity index (χ3v) is 6.06. The number of hydrogen-bond acceptors (Lipinski definition) is 2. The maximum Gasteiger partial charge on any atom is 0.0636 e. The molecule has 0 aromatic rings. The Labute approximate surface area is 119 Å². The summed E-state index contributed by atoms with van der Waals surface area (Å²) in [7, 11) is 0. The van der Waals surface area contributed by atoms with Crippen LogP contribution in [0.25, 0.3) is 0 Å². The van der Waals surface area contributed by atoms with E-state index in [0.29, 0.717) is 12.5 Å². The molecule has 2 fully saturated rings. The molecule has 112 valence electrons. The molecule has 0 bridgehead atoms. The van der Waals surface area contributed by atoms with Gasteiger partial charge in [-0.3, -0.25) is 0 Å². The standard InChI is InChI=1S/C17H33NO/c1-2-14-9-11-17(13-18,12-10-14)16(19)15-7-5-3-4-6-8-15/h14-16,19H,2-13,18H2,1H3. The van der Waals surface area contributed by atoms with Crippen molar-refractivity contribution in [1.29, 1.82) is 0 Å². The van der Waals surface area contributed by atoms with E-state index < -0.39 is 0 Å². The van der Waals surface area contributed by atoms with Crippen molar-refractivity contribution in [2.75, 3.05) is 6.54 Å². The minimum absolute atomic E-state index is 0.0423. The molecule has 19 heavy (non-hydrogen) atoms. The molecular formula is C17H33NO. The van der Waals surface area contributed by atoms with Crippen molar-refractivity contribution < 1.29 is 5.11 Å². The second-order valence-electron chi connectivity index (χ2n) is 7.11. The average Bonchev–Trinajstić information content (AvgIpc) is 2.75. The Morgan fingerprint density at radius 2 is 1.63 bits per heavy atom. The summed E-state index contributed by atoms with van der Waals surface area (Å²) < 4.78 is 0. The Bertz CT molecular complexity index is 250. The quantitative estimate of drug-likeness (QED) is 0.760. The van der Waals surface area contributed by atoms with Gasteiger partial charge in [-0.05, 0) is 50.4 Å². The van der Waals surface area contributed by atoms with Crippen LogP contribution in [0.4, 0.5) is 0 Å². The van der Waals surface area contributed by atoms with E-state index in [-0.39, 0.29) is 11.5 Å². The molecule has 0 aliphatic heterocycles. The molecule has 2 saturated carbocycles. The Hall–Kier alpha value is -0.0800. The van der Waals surface area contributed by atoms with Crippen LogP contribution in [-0.2, 0) is 0 Å². The van der Waals surface area contributed by atoms with Crippen LogP contribution in [0.3, 0.4) is 0 Å². The van der Waals surface area contributed by atoms with E-state index in [2.05, 4.69) is 6.92 Å². The lowest BCUT2D eigenvalue weighted by atomic mass is 9.63. The molecule has 0 spiro atoms. The van der Waals surface area contributed by atoms with Gasteiger partial charge in [-0.15, -0.1) is 0 Å². The van der Waals surface area contributed by atoms with Crippen molar-refractivity contribution >= 4 is 0 Å². The first kappa shape index (κ1) is 15.3. The summed E-state index contributed by atoms with van der Waals surface area (Å²) in [4.78, 5) is 0. The molecule has 3 N–H and O–H groups in total. The monoisotopic (exact) mass is 267 g/mol. The fourth-order valence-electron chi connectivity index (χ4n) is 4.41. The molecule has 0 aromatic heterocycles. The van der Waals surface area contributed by atoms with Gasteiger partial charge in [-0.25, -0.2) is 0 Å². The van der Waals surface area contributed by atoms with Gasteiger partial charge in [-0.1, -0.05) is 39.0 Å². The molecule has 0 radical (unpaired) electrons. The highest BCUT2D eigenvalue weighted by Gasteiger charge is 2.42. The zero-order valence-electron chi connectivity index (χ0n) is 12.7. The van der Waals surface area contributed by atoms with Gasteiger partial charge in [-0.2, -0.15) is 0 Å². The number of nitrogens with two attached hydrogens (primary N) is 1. The predicted octanol–water partition coefficient (Wildman–Crippen LogP) is 3.86. The van der Waals surface area contributed by atoms with E-state index in [1.165, 1.54) is 57.8 Å². The highest BCUT2D eigenvalue weighted by molar-refractivity contribution is 4.94. The van der Waals surface area contributed by atoms with Crippen molar-refractivity contribution in [1.82, 2.24) is 0 Å². The SMILES string of the molecule is CCC1CCC(CN)(C(O)C2CCCCCC2)CC1. The molecule has 1 atom stereocenters. The van der Waals surface area contributed by atoms with Crippen LogP contribution < -0.4 is 5.73 Å². The molecule has 1 unspecified atom stereocenters. The van der Waals surface area contributed by atoms with E-state index in [1.807, 2.05) is 0 Å². The zero-order chi connectivity index (χ0) is 13.7. The van der Waals surface area contributed by atoms with Crippen molar-refractivity contribution in [2.24, 2.45) is 23.0 Å². The van der Waals surface area contributed by atoms with E-state index in [4.69, 9.17) is 5.73 Å². The maximum absolute atomic E-state index is 11.0.